The zero-order valence-corrected chi connectivity index (χ0v) is 13.0. The molecule has 110 valence electrons. The van der Waals surface area contributed by atoms with E-state index in [9.17, 15) is 0 Å². The predicted octanol–water partition coefficient (Wildman–Crippen LogP) is 3.32. The molecular formula is C15H26ClNO2. The van der Waals surface area contributed by atoms with E-state index >= 15 is 0 Å². The summed E-state index contributed by atoms with van der Waals surface area (Å²) in [4.78, 5) is 0. The molecule has 0 radical (unpaired) electrons. The molecule has 2 N–H and O–H groups in total. The van der Waals surface area contributed by atoms with Crippen LogP contribution in [0.5, 0.6) is 5.75 Å². The number of rotatable bonds is 8. The molecule has 0 aromatic heterocycles. The third kappa shape index (κ3) is 6.81. The Morgan fingerprint density at radius 1 is 1.26 bits per heavy atom. The molecule has 0 aliphatic heterocycles. The van der Waals surface area contributed by atoms with Crippen molar-refractivity contribution in [2.45, 2.75) is 46.3 Å². The highest BCUT2D eigenvalue weighted by atomic mass is 35.5. The zero-order valence-electron chi connectivity index (χ0n) is 12.1. The molecular weight excluding hydrogens is 262 g/mol. The van der Waals surface area contributed by atoms with Crippen LogP contribution < -0.4 is 10.5 Å². The van der Waals surface area contributed by atoms with E-state index in [0.29, 0.717) is 6.61 Å². The molecule has 1 aromatic carbocycles. The van der Waals surface area contributed by atoms with Crippen LogP contribution in [0.15, 0.2) is 18.2 Å². The van der Waals surface area contributed by atoms with Gasteiger partial charge in [0.2, 0.25) is 0 Å². The number of halogens is 1. The van der Waals surface area contributed by atoms with E-state index in [1.807, 2.05) is 19.9 Å². The van der Waals surface area contributed by atoms with Crippen LogP contribution in [0.25, 0.3) is 0 Å². The van der Waals surface area contributed by atoms with Crippen molar-refractivity contribution in [3.05, 3.63) is 29.3 Å². The standard InChI is InChI=1S/C15H25NO2.ClH/c1-4-8-18-15-7-6-13(11-17-5-2)10-14(15)9-12(3)16;/h6-7,10,12H,4-5,8-9,11,16H2,1-3H3;1H. The molecule has 0 spiro atoms. The van der Waals surface area contributed by atoms with Crippen LogP contribution in [0.1, 0.15) is 38.3 Å². The van der Waals surface area contributed by atoms with Gasteiger partial charge in [0.05, 0.1) is 13.2 Å². The van der Waals surface area contributed by atoms with Crippen molar-refractivity contribution in [2.24, 2.45) is 5.73 Å². The molecule has 0 saturated carbocycles. The molecule has 0 fully saturated rings. The summed E-state index contributed by atoms with van der Waals surface area (Å²) in [6.45, 7) is 8.25. The first-order chi connectivity index (χ1) is 8.67. The monoisotopic (exact) mass is 287 g/mol. The maximum absolute atomic E-state index is 5.89. The Balaban J connectivity index is 0.00000324. The van der Waals surface area contributed by atoms with Gasteiger partial charge in [-0.1, -0.05) is 13.0 Å². The molecule has 4 heteroatoms. The quantitative estimate of drug-likeness (QED) is 0.798. The minimum Gasteiger partial charge on any atom is -0.493 e. The topological polar surface area (TPSA) is 44.5 Å². The van der Waals surface area contributed by atoms with Gasteiger partial charge in [0, 0.05) is 12.6 Å². The molecule has 3 nitrogen and oxygen atoms in total. The molecule has 0 bridgehead atoms. The number of hydrogen-bond donors (Lipinski definition) is 1. The van der Waals surface area contributed by atoms with Gasteiger partial charge in [-0.3, -0.25) is 0 Å². The molecule has 1 aromatic rings. The summed E-state index contributed by atoms with van der Waals surface area (Å²) in [5.74, 6) is 0.953. The van der Waals surface area contributed by atoms with Crippen molar-refractivity contribution in [1.29, 1.82) is 0 Å². The lowest BCUT2D eigenvalue weighted by atomic mass is 10.0. The summed E-state index contributed by atoms with van der Waals surface area (Å²) in [6.07, 6.45) is 1.84. The van der Waals surface area contributed by atoms with Crippen LogP contribution in [0, 0.1) is 0 Å². The van der Waals surface area contributed by atoms with Crippen LogP contribution in [-0.2, 0) is 17.8 Å². The third-order valence-corrected chi connectivity index (χ3v) is 2.60. The maximum Gasteiger partial charge on any atom is 0.122 e. The fourth-order valence-corrected chi connectivity index (χ4v) is 1.80. The highest BCUT2D eigenvalue weighted by molar-refractivity contribution is 5.85. The Hall–Kier alpha value is -0.770. The van der Waals surface area contributed by atoms with E-state index in [0.717, 1.165) is 31.8 Å². The summed E-state index contributed by atoms with van der Waals surface area (Å²) < 4.78 is 11.2. The van der Waals surface area contributed by atoms with Crippen LogP contribution >= 0.6 is 12.4 Å². The Bertz CT molecular complexity index is 356. The van der Waals surface area contributed by atoms with E-state index in [-0.39, 0.29) is 18.4 Å². The lowest BCUT2D eigenvalue weighted by molar-refractivity contribution is 0.134. The fourth-order valence-electron chi connectivity index (χ4n) is 1.80. The van der Waals surface area contributed by atoms with E-state index in [1.54, 1.807) is 0 Å². The molecule has 0 aliphatic rings. The highest BCUT2D eigenvalue weighted by Gasteiger charge is 2.07. The smallest absolute Gasteiger partial charge is 0.122 e. The normalized spacial score (nSPS) is 11.8. The average molecular weight is 288 g/mol. The van der Waals surface area contributed by atoms with Gasteiger partial charge in [-0.2, -0.15) is 0 Å². The van der Waals surface area contributed by atoms with E-state index in [4.69, 9.17) is 15.2 Å². The Kier molecular flexibility index (Phi) is 9.66. The molecule has 0 heterocycles. The Morgan fingerprint density at radius 2 is 2.00 bits per heavy atom. The van der Waals surface area contributed by atoms with Crippen molar-refractivity contribution in [1.82, 2.24) is 0 Å². The first-order valence-corrected chi connectivity index (χ1v) is 6.75. The minimum absolute atomic E-state index is 0. The van der Waals surface area contributed by atoms with Gasteiger partial charge in [-0.05, 0) is 49.9 Å². The second-order valence-electron chi connectivity index (χ2n) is 4.61. The molecule has 19 heavy (non-hydrogen) atoms. The van der Waals surface area contributed by atoms with Crippen LogP contribution in [-0.4, -0.2) is 19.3 Å². The maximum atomic E-state index is 5.89. The zero-order chi connectivity index (χ0) is 13.4. The van der Waals surface area contributed by atoms with Crippen molar-refractivity contribution in [2.75, 3.05) is 13.2 Å². The second kappa shape index (κ2) is 10.1. The largest absolute Gasteiger partial charge is 0.493 e. The SMILES string of the molecule is CCCOc1ccc(COCC)cc1CC(C)N.Cl. The summed E-state index contributed by atoms with van der Waals surface area (Å²) >= 11 is 0. The van der Waals surface area contributed by atoms with Crippen LogP contribution in [0.4, 0.5) is 0 Å². The van der Waals surface area contributed by atoms with Gasteiger partial charge in [0.1, 0.15) is 5.75 Å². The van der Waals surface area contributed by atoms with E-state index in [1.165, 1.54) is 11.1 Å². The number of hydrogen-bond acceptors (Lipinski definition) is 3. The summed E-state index contributed by atoms with van der Waals surface area (Å²) in [5, 5.41) is 0. The molecule has 0 saturated heterocycles. The van der Waals surface area contributed by atoms with Gasteiger partial charge in [-0.25, -0.2) is 0 Å². The fraction of sp³-hybridized carbons (Fsp3) is 0.600. The van der Waals surface area contributed by atoms with Gasteiger partial charge < -0.3 is 15.2 Å². The van der Waals surface area contributed by atoms with Crippen molar-refractivity contribution in [3.63, 3.8) is 0 Å². The average Bonchev–Trinajstić information content (AvgIpc) is 2.34. The lowest BCUT2D eigenvalue weighted by Gasteiger charge is -2.14. The number of ether oxygens (including phenoxy) is 2. The van der Waals surface area contributed by atoms with Crippen molar-refractivity contribution >= 4 is 12.4 Å². The summed E-state index contributed by atoms with van der Waals surface area (Å²) in [6, 6.07) is 6.37. The minimum atomic E-state index is 0. The van der Waals surface area contributed by atoms with Crippen molar-refractivity contribution in [3.8, 4) is 5.75 Å². The molecule has 1 atom stereocenters. The Labute approximate surface area is 122 Å². The first-order valence-electron chi connectivity index (χ1n) is 6.75. The molecule has 0 amide bonds. The van der Waals surface area contributed by atoms with E-state index < -0.39 is 0 Å². The van der Waals surface area contributed by atoms with Gasteiger partial charge in [-0.15, -0.1) is 12.4 Å². The number of nitrogens with two attached hydrogens (primary N) is 1. The third-order valence-electron chi connectivity index (χ3n) is 2.60. The lowest BCUT2D eigenvalue weighted by Crippen LogP contribution is -2.18. The molecule has 0 aliphatic carbocycles. The first kappa shape index (κ1) is 18.2. The second-order valence-corrected chi connectivity index (χ2v) is 4.61. The molecule has 1 rings (SSSR count). The molecule has 1 unspecified atom stereocenters. The van der Waals surface area contributed by atoms with Gasteiger partial charge >= 0.3 is 0 Å². The van der Waals surface area contributed by atoms with Gasteiger partial charge in [0.25, 0.3) is 0 Å². The number of benzene rings is 1. The van der Waals surface area contributed by atoms with Crippen molar-refractivity contribution < 1.29 is 9.47 Å². The predicted molar refractivity (Wildman–Crippen MR) is 82.2 cm³/mol. The highest BCUT2D eigenvalue weighted by Crippen LogP contribution is 2.22. The van der Waals surface area contributed by atoms with Crippen LogP contribution in [0.3, 0.4) is 0 Å². The Morgan fingerprint density at radius 3 is 2.58 bits per heavy atom. The van der Waals surface area contributed by atoms with Crippen LogP contribution in [0.2, 0.25) is 0 Å². The van der Waals surface area contributed by atoms with Gasteiger partial charge in [0.15, 0.2) is 0 Å². The van der Waals surface area contributed by atoms with E-state index in [2.05, 4.69) is 19.1 Å². The summed E-state index contributed by atoms with van der Waals surface area (Å²) in [5.41, 5.74) is 8.24. The summed E-state index contributed by atoms with van der Waals surface area (Å²) in [7, 11) is 0.